The lowest BCUT2D eigenvalue weighted by atomic mass is 10.2. The molecule has 0 aliphatic carbocycles. The van der Waals surface area contributed by atoms with Crippen molar-refractivity contribution in [3.63, 3.8) is 0 Å². The molecule has 21 heavy (non-hydrogen) atoms. The molecule has 1 aromatic rings. The van der Waals surface area contributed by atoms with E-state index in [4.69, 9.17) is 9.47 Å². The van der Waals surface area contributed by atoms with Crippen LogP contribution in [0.25, 0.3) is 0 Å². The molecular weight excluding hydrogens is 276 g/mol. The minimum Gasteiger partial charge on any atom is -0.419 e. The summed E-state index contributed by atoms with van der Waals surface area (Å²) in [6.45, 7) is 2.95. The Morgan fingerprint density at radius 3 is 2.57 bits per heavy atom. The van der Waals surface area contributed by atoms with Crippen LogP contribution in [-0.4, -0.2) is 35.0 Å². The maximum absolute atomic E-state index is 11.9. The van der Waals surface area contributed by atoms with Crippen molar-refractivity contribution in [2.24, 2.45) is 0 Å². The number of carbonyl (C=O) groups is 3. The van der Waals surface area contributed by atoms with Gasteiger partial charge >= 0.3 is 11.9 Å². The van der Waals surface area contributed by atoms with Crippen molar-refractivity contribution in [1.29, 1.82) is 0 Å². The Morgan fingerprint density at radius 2 is 1.90 bits per heavy atom. The molecule has 108 valence electrons. The molecule has 0 bridgehead atoms. The van der Waals surface area contributed by atoms with Crippen LogP contribution in [0.15, 0.2) is 30.1 Å². The number of fused-ring (bicyclic) bond motifs is 1. The monoisotopic (exact) mass is 288 g/mol. The van der Waals surface area contributed by atoms with E-state index in [9.17, 15) is 14.4 Å². The summed E-state index contributed by atoms with van der Waals surface area (Å²) in [5, 5.41) is 0. The maximum atomic E-state index is 11.9. The number of esters is 2. The van der Waals surface area contributed by atoms with Gasteiger partial charge in [0, 0.05) is 26.2 Å². The second-order valence-corrected chi connectivity index (χ2v) is 5.15. The molecule has 0 saturated carbocycles. The van der Waals surface area contributed by atoms with E-state index in [1.54, 1.807) is 12.1 Å². The first-order valence-electron chi connectivity index (χ1n) is 6.31. The zero-order valence-corrected chi connectivity index (χ0v) is 11.5. The number of anilines is 1. The van der Waals surface area contributed by atoms with Crippen molar-refractivity contribution in [3.8, 4) is 0 Å². The molecule has 0 spiro atoms. The lowest BCUT2D eigenvalue weighted by molar-refractivity contribution is -0.222. The van der Waals surface area contributed by atoms with Crippen molar-refractivity contribution in [2.75, 3.05) is 11.4 Å². The molecule has 1 aromatic heterocycles. The largest absolute Gasteiger partial charge is 0.419 e. The van der Waals surface area contributed by atoms with Crippen LogP contribution >= 0.6 is 0 Å². The molecule has 7 nitrogen and oxygen atoms in total. The zero-order chi connectivity index (χ0) is 15.2. The van der Waals surface area contributed by atoms with E-state index in [0.29, 0.717) is 11.4 Å². The zero-order valence-electron chi connectivity index (χ0n) is 11.5. The number of hydrogen-bond acceptors (Lipinski definition) is 7. The molecule has 1 fully saturated rings. The molecule has 0 aromatic carbocycles. The van der Waals surface area contributed by atoms with Crippen LogP contribution < -0.4 is 4.90 Å². The molecule has 2 aliphatic heterocycles. The van der Waals surface area contributed by atoms with E-state index in [1.807, 2.05) is 0 Å². The van der Waals surface area contributed by atoms with Gasteiger partial charge in [-0.1, -0.05) is 0 Å². The number of ketones is 1. The highest BCUT2D eigenvalue weighted by molar-refractivity contribution is 6.16. The average Bonchev–Trinajstić information content (AvgIpc) is 2.70. The van der Waals surface area contributed by atoms with Gasteiger partial charge in [0.25, 0.3) is 5.79 Å². The quantitative estimate of drug-likeness (QED) is 0.429. The summed E-state index contributed by atoms with van der Waals surface area (Å²) in [5.41, 5.74) is 0.188. The Balaban J connectivity index is 1.95. The third kappa shape index (κ3) is 2.26. The molecule has 0 radical (unpaired) electrons. The van der Waals surface area contributed by atoms with E-state index in [0.717, 1.165) is 0 Å². The van der Waals surface area contributed by atoms with Crippen molar-refractivity contribution < 1.29 is 23.9 Å². The molecule has 3 heterocycles. The number of rotatable bonds is 1. The minimum atomic E-state index is -1.29. The number of hydrogen-bond donors (Lipinski definition) is 0. The van der Waals surface area contributed by atoms with Gasteiger partial charge in [-0.15, -0.1) is 0 Å². The van der Waals surface area contributed by atoms with Crippen molar-refractivity contribution in [2.45, 2.75) is 19.6 Å². The van der Waals surface area contributed by atoms with E-state index in [2.05, 4.69) is 4.98 Å². The van der Waals surface area contributed by atoms with E-state index < -0.39 is 17.7 Å². The fraction of sp³-hybridized carbons (Fsp3) is 0.286. The molecule has 7 heteroatoms. The van der Waals surface area contributed by atoms with Crippen LogP contribution in [0, 0.1) is 0 Å². The van der Waals surface area contributed by atoms with E-state index >= 15 is 0 Å². The molecule has 0 atom stereocenters. The second-order valence-electron chi connectivity index (χ2n) is 5.15. The van der Waals surface area contributed by atoms with Crippen molar-refractivity contribution >= 4 is 23.5 Å². The van der Waals surface area contributed by atoms with Crippen LogP contribution in [-0.2, 0) is 19.1 Å². The summed E-state index contributed by atoms with van der Waals surface area (Å²) in [7, 11) is 0. The van der Waals surface area contributed by atoms with Gasteiger partial charge in [0.1, 0.15) is 5.82 Å². The normalized spacial score (nSPS) is 20.0. The third-order valence-corrected chi connectivity index (χ3v) is 3.07. The number of aromatic nitrogens is 1. The van der Waals surface area contributed by atoms with Gasteiger partial charge in [-0.2, -0.15) is 0 Å². The molecule has 0 unspecified atom stereocenters. The third-order valence-electron chi connectivity index (χ3n) is 3.07. The van der Waals surface area contributed by atoms with Crippen LogP contribution in [0.2, 0.25) is 0 Å². The SMILES string of the molecule is CC1(C)OC(=O)C(=CN2CC(=O)c3cccnc32)C(=O)O1. The Bertz CT molecular complexity index is 670. The molecular formula is C14H12N2O5. The molecule has 1 saturated heterocycles. The Labute approximate surface area is 120 Å². The summed E-state index contributed by atoms with van der Waals surface area (Å²) in [4.78, 5) is 41.1. The lowest BCUT2D eigenvalue weighted by Gasteiger charge is -2.30. The number of ether oxygens (including phenoxy) is 2. The Hall–Kier alpha value is -2.70. The van der Waals surface area contributed by atoms with Crippen molar-refractivity contribution in [3.05, 3.63) is 35.7 Å². The van der Waals surface area contributed by atoms with Crippen LogP contribution in [0.1, 0.15) is 24.2 Å². The van der Waals surface area contributed by atoms with Gasteiger partial charge in [-0.05, 0) is 12.1 Å². The van der Waals surface area contributed by atoms with Crippen LogP contribution in [0.3, 0.4) is 0 Å². The van der Waals surface area contributed by atoms with Crippen LogP contribution in [0.5, 0.6) is 0 Å². The summed E-state index contributed by atoms with van der Waals surface area (Å²) in [6, 6.07) is 3.29. The molecule has 2 aliphatic rings. The summed E-state index contributed by atoms with van der Waals surface area (Å²) in [5.74, 6) is -2.59. The first-order valence-corrected chi connectivity index (χ1v) is 6.31. The summed E-state index contributed by atoms with van der Waals surface area (Å²) >= 11 is 0. The minimum absolute atomic E-state index is 0.0137. The van der Waals surface area contributed by atoms with Crippen molar-refractivity contribution in [1.82, 2.24) is 4.98 Å². The first kappa shape index (κ1) is 13.3. The highest BCUT2D eigenvalue weighted by Crippen LogP contribution is 2.28. The number of nitrogens with zero attached hydrogens (tertiary/aromatic N) is 2. The second kappa shape index (κ2) is 4.41. The summed E-state index contributed by atoms with van der Waals surface area (Å²) < 4.78 is 10.00. The van der Waals surface area contributed by atoms with Gasteiger partial charge in [0.05, 0.1) is 12.1 Å². The number of carbonyl (C=O) groups excluding carboxylic acids is 3. The highest BCUT2D eigenvalue weighted by atomic mass is 16.7. The highest BCUT2D eigenvalue weighted by Gasteiger charge is 2.40. The predicted octanol–water partition coefficient (Wildman–Crippen LogP) is 0.804. The number of pyridine rings is 1. The van der Waals surface area contributed by atoms with Gasteiger partial charge in [0.15, 0.2) is 11.4 Å². The fourth-order valence-electron chi connectivity index (χ4n) is 2.19. The first-order chi connectivity index (χ1) is 9.87. The van der Waals surface area contributed by atoms with Gasteiger partial charge in [-0.25, -0.2) is 14.6 Å². The topological polar surface area (TPSA) is 85.8 Å². The van der Waals surface area contributed by atoms with E-state index in [1.165, 1.54) is 31.1 Å². The predicted molar refractivity (Wildman–Crippen MR) is 70.3 cm³/mol. The van der Waals surface area contributed by atoms with E-state index in [-0.39, 0.29) is 17.9 Å². The van der Waals surface area contributed by atoms with Crippen LogP contribution in [0.4, 0.5) is 5.82 Å². The molecule has 0 N–H and O–H groups in total. The maximum Gasteiger partial charge on any atom is 0.350 e. The standard InChI is InChI=1S/C14H12N2O5/c1-14(2)20-12(18)9(13(19)21-14)6-16-7-10(17)8-4-3-5-15-11(8)16/h3-6H,7H2,1-2H3. The van der Waals surface area contributed by atoms with Gasteiger partial charge < -0.3 is 14.4 Å². The molecule has 0 amide bonds. The summed E-state index contributed by atoms with van der Waals surface area (Å²) in [6.07, 6.45) is 2.78. The van der Waals surface area contributed by atoms with Gasteiger partial charge in [-0.3, -0.25) is 4.79 Å². The fourth-order valence-corrected chi connectivity index (χ4v) is 2.19. The molecule has 3 rings (SSSR count). The number of Topliss-reactive ketones (excluding diaryl/α,β-unsaturated/α-hetero) is 1. The van der Waals surface area contributed by atoms with Gasteiger partial charge in [0.2, 0.25) is 0 Å². The number of cyclic esters (lactones) is 2. The Kier molecular flexibility index (Phi) is 2.79. The lowest BCUT2D eigenvalue weighted by Crippen LogP contribution is -2.42. The average molecular weight is 288 g/mol. The smallest absolute Gasteiger partial charge is 0.350 e. The Morgan fingerprint density at radius 1 is 1.24 bits per heavy atom.